The maximum Gasteiger partial charge on any atom is 0.322 e. The summed E-state index contributed by atoms with van der Waals surface area (Å²) in [5, 5.41) is 4.67. The Morgan fingerprint density at radius 1 is 1.27 bits per heavy atom. The van der Waals surface area contributed by atoms with Crippen LogP contribution >= 0.6 is 0 Å². The van der Waals surface area contributed by atoms with Crippen LogP contribution in [0.1, 0.15) is 31.2 Å². The molecule has 0 bridgehead atoms. The second kappa shape index (κ2) is 8.64. The molecule has 144 valence electrons. The van der Waals surface area contributed by atoms with E-state index in [1.54, 1.807) is 0 Å². The summed E-state index contributed by atoms with van der Waals surface area (Å²) in [6, 6.07) is 1.79. The molecule has 1 atom stereocenters. The van der Waals surface area contributed by atoms with Crippen LogP contribution in [0.25, 0.3) is 0 Å². The summed E-state index contributed by atoms with van der Waals surface area (Å²) in [7, 11) is 1.42. The Hall–Kier alpha value is -1.93. The fourth-order valence-corrected chi connectivity index (χ4v) is 3.52. The van der Waals surface area contributed by atoms with Crippen molar-refractivity contribution in [3.63, 3.8) is 0 Å². The average molecular weight is 364 g/mol. The molecule has 1 aromatic heterocycles. The van der Waals surface area contributed by atoms with Crippen molar-refractivity contribution in [1.82, 2.24) is 19.6 Å². The summed E-state index contributed by atoms with van der Waals surface area (Å²) >= 11 is 0. The molecule has 1 aromatic rings. The van der Waals surface area contributed by atoms with Crippen molar-refractivity contribution in [1.29, 1.82) is 0 Å². The van der Waals surface area contributed by atoms with Crippen LogP contribution < -0.4 is 0 Å². The number of rotatable bonds is 5. The van der Waals surface area contributed by atoms with Gasteiger partial charge in [0.25, 0.3) is 0 Å². The molecule has 1 amide bonds. The summed E-state index contributed by atoms with van der Waals surface area (Å²) in [6.07, 6.45) is 2.05. The number of carbonyl (C=O) groups is 2. The third-order valence-corrected chi connectivity index (χ3v) is 5.14. The first kappa shape index (κ1) is 18.8. The molecular formula is C18H28N4O4. The van der Waals surface area contributed by atoms with E-state index in [9.17, 15) is 9.59 Å². The molecule has 26 heavy (non-hydrogen) atoms. The van der Waals surface area contributed by atoms with Gasteiger partial charge in [0.15, 0.2) is 0 Å². The van der Waals surface area contributed by atoms with Gasteiger partial charge in [0.1, 0.15) is 6.04 Å². The van der Waals surface area contributed by atoms with E-state index in [2.05, 4.69) is 16.1 Å². The van der Waals surface area contributed by atoms with Crippen LogP contribution in [0.2, 0.25) is 0 Å². The van der Waals surface area contributed by atoms with Crippen molar-refractivity contribution in [2.75, 3.05) is 40.0 Å². The molecule has 0 aromatic carbocycles. The van der Waals surface area contributed by atoms with E-state index >= 15 is 0 Å². The lowest BCUT2D eigenvalue weighted by Gasteiger charge is -2.26. The topological polar surface area (TPSA) is 76.9 Å². The number of aromatic nitrogens is 2. The fraction of sp³-hybridized carbons (Fsp3) is 0.722. The Morgan fingerprint density at radius 2 is 2.04 bits per heavy atom. The molecule has 8 nitrogen and oxygen atoms in total. The van der Waals surface area contributed by atoms with Crippen molar-refractivity contribution in [3.05, 3.63) is 17.5 Å². The van der Waals surface area contributed by atoms with Gasteiger partial charge in [0.2, 0.25) is 5.91 Å². The van der Waals surface area contributed by atoms with Gasteiger partial charge in [-0.3, -0.25) is 19.2 Å². The highest BCUT2D eigenvalue weighted by Gasteiger charge is 2.26. The Balaban J connectivity index is 1.59. The molecule has 0 saturated carbocycles. The largest absolute Gasteiger partial charge is 0.468 e. The quantitative estimate of drug-likeness (QED) is 0.706. The molecular weight excluding hydrogens is 336 g/mol. The van der Waals surface area contributed by atoms with Crippen LogP contribution in [-0.4, -0.2) is 77.5 Å². The SMILES string of the molecule is COC(=O)[C@H](C)N1CCCn2nc(CCC(=O)N3CCOCC3)cc2C1. The average Bonchev–Trinajstić information content (AvgIpc) is 2.95. The zero-order valence-electron chi connectivity index (χ0n) is 15.6. The van der Waals surface area contributed by atoms with Gasteiger partial charge in [-0.1, -0.05) is 0 Å². The summed E-state index contributed by atoms with van der Waals surface area (Å²) < 4.78 is 12.2. The molecule has 8 heteroatoms. The number of ether oxygens (including phenoxy) is 2. The fourth-order valence-electron chi connectivity index (χ4n) is 3.52. The number of hydrogen-bond acceptors (Lipinski definition) is 6. The van der Waals surface area contributed by atoms with Crippen molar-refractivity contribution >= 4 is 11.9 Å². The van der Waals surface area contributed by atoms with E-state index in [4.69, 9.17) is 9.47 Å². The highest BCUT2D eigenvalue weighted by molar-refractivity contribution is 5.76. The van der Waals surface area contributed by atoms with Crippen LogP contribution in [0, 0.1) is 0 Å². The molecule has 2 aliphatic rings. The molecule has 1 fully saturated rings. The first-order valence-corrected chi connectivity index (χ1v) is 9.31. The standard InChI is InChI=1S/C18H28N4O4/c1-14(18(24)25-2)21-6-3-7-22-16(13-21)12-15(19-22)4-5-17(23)20-8-10-26-11-9-20/h12,14H,3-11,13H2,1-2H3/t14-/m0/s1. The van der Waals surface area contributed by atoms with Crippen LogP contribution in [0.3, 0.4) is 0 Å². The maximum atomic E-state index is 12.3. The van der Waals surface area contributed by atoms with Crippen molar-refractivity contribution < 1.29 is 19.1 Å². The van der Waals surface area contributed by atoms with Gasteiger partial charge >= 0.3 is 5.97 Å². The minimum Gasteiger partial charge on any atom is -0.468 e. The third kappa shape index (κ3) is 4.42. The van der Waals surface area contributed by atoms with Crippen LogP contribution in [0.4, 0.5) is 0 Å². The minimum absolute atomic E-state index is 0.164. The first-order chi connectivity index (χ1) is 12.6. The number of amides is 1. The zero-order valence-corrected chi connectivity index (χ0v) is 15.6. The number of esters is 1. The second-order valence-corrected chi connectivity index (χ2v) is 6.87. The summed E-state index contributed by atoms with van der Waals surface area (Å²) in [4.78, 5) is 28.1. The van der Waals surface area contributed by atoms with E-state index < -0.39 is 0 Å². The number of fused-ring (bicyclic) bond motifs is 1. The lowest BCUT2D eigenvalue weighted by molar-refractivity contribution is -0.146. The van der Waals surface area contributed by atoms with Gasteiger partial charge < -0.3 is 14.4 Å². The predicted molar refractivity (Wildman–Crippen MR) is 94.5 cm³/mol. The summed E-state index contributed by atoms with van der Waals surface area (Å²) in [5.74, 6) is -0.0493. The van der Waals surface area contributed by atoms with Gasteiger partial charge in [0.05, 0.1) is 31.7 Å². The van der Waals surface area contributed by atoms with Crippen LogP contribution in [0.5, 0.6) is 0 Å². The molecule has 0 N–H and O–H groups in total. The highest BCUT2D eigenvalue weighted by Crippen LogP contribution is 2.17. The number of nitrogens with zero attached hydrogens (tertiary/aromatic N) is 4. The molecule has 0 spiro atoms. The van der Waals surface area contributed by atoms with E-state index in [1.807, 2.05) is 16.5 Å². The van der Waals surface area contributed by atoms with E-state index in [1.165, 1.54) is 7.11 Å². The van der Waals surface area contributed by atoms with Crippen molar-refractivity contribution in [3.8, 4) is 0 Å². The minimum atomic E-state index is -0.271. The number of hydrogen-bond donors (Lipinski definition) is 0. The van der Waals surface area contributed by atoms with E-state index in [-0.39, 0.29) is 17.9 Å². The number of aryl methyl sites for hydroxylation is 2. The van der Waals surface area contributed by atoms with Gasteiger partial charge in [-0.05, 0) is 19.4 Å². The molecule has 1 saturated heterocycles. The van der Waals surface area contributed by atoms with Crippen LogP contribution in [0.15, 0.2) is 6.07 Å². The smallest absolute Gasteiger partial charge is 0.322 e. The van der Waals surface area contributed by atoms with Crippen molar-refractivity contribution in [2.24, 2.45) is 0 Å². The van der Waals surface area contributed by atoms with Gasteiger partial charge in [0, 0.05) is 45.6 Å². The molecule has 0 unspecified atom stereocenters. The molecule has 2 aliphatic heterocycles. The Labute approximate surface area is 154 Å². The number of morpholine rings is 1. The third-order valence-electron chi connectivity index (χ3n) is 5.14. The predicted octanol–water partition coefficient (Wildman–Crippen LogP) is 0.442. The van der Waals surface area contributed by atoms with Gasteiger partial charge in [-0.15, -0.1) is 0 Å². The molecule has 3 rings (SSSR count). The normalized spacial score (nSPS) is 19.5. The first-order valence-electron chi connectivity index (χ1n) is 9.31. The number of carbonyl (C=O) groups excluding carboxylic acids is 2. The summed E-state index contributed by atoms with van der Waals surface area (Å²) in [5.41, 5.74) is 2.03. The lowest BCUT2D eigenvalue weighted by atomic mass is 10.2. The van der Waals surface area contributed by atoms with Gasteiger partial charge in [-0.2, -0.15) is 5.10 Å². The highest BCUT2D eigenvalue weighted by atomic mass is 16.5. The zero-order chi connectivity index (χ0) is 18.5. The van der Waals surface area contributed by atoms with Gasteiger partial charge in [-0.25, -0.2) is 0 Å². The number of methoxy groups -OCH3 is 1. The van der Waals surface area contributed by atoms with Crippen LogP contribution in [-0.2, 0) is 38.6 Å². The Bertz CT molecular complexity index is 639. The molecule has 0 radical (unpaired) electrons. The lowest BCUT2D eigenvalue weighted by Crippen LogP contribution is -2.40. The molecule has 0 aliphatic carbocycles. The monoisotopic (exact) mass is 364 g/mol. The second-order valence-electron chi connectivity index (χ2n) is 6.87. The van der Waals surface area contributed by atoms with Crippen molar-refractivity contribution in [2.45, 2.75) is 45.3 Å². The molecule has 3 heterocycles. The maximum absolute atomic E-state index is 12.3. The van der Waals surface area contributed by atoms with E-state index in [0.717, 1.165) is 30.9 Å². The van der Waals surface area contributed by atoms with E-state index in [0.29, 0.717) is 45.7 Å². The Morgan fingerprint density at radius 3 is 2.77 bits per heavy atom. The summed E-state index contributed by atoms with van der Waals surface area (Å²) in [6.45, 7) is 6.82. The Kier molecular flexibility index (Phi) is 6.26.